The van der Waals surface area contributed by atoms with Crippen molar-refractivity contribution in [2.24, 2.45) is 0 Å². The number of methoxy groups -OCH3 is 1. The molecule has 1 fully saturated rings. The Morgan fingerprint density at radius 2 is 2.00 bits per heavy atom. The highest BCUT2D eigenvalue weighted by molar-refractivity contribution is 7.17. The highest BCUT2D eigenvalue weighted by Crippen LogP contribution is 2.16. The largest absolute Gasteiger partial charge is 0.497 e. The molecule has 4 rings (SSSR count). The number of aromatic nitrogens is 2. The zero-order chi connectivity index (χ0) is 20.9. The third kappa shape index (κ3) is 4.88. The van der Waals surface area contributed by atoms with Crippen LogP contribution < -0.4 is 10.3 Å². The van der Waals surface area contributed by atoms with Crippen molar-refractivity contribution >= 4 is 27.5 Å². The van der Waals surface area contributed by atoms with Crippen LogP contribution >= 0.6 is 11.3 Å². The standard InChI is InChI=1S/C22H26N4O3S/c1-29-17-6-3-16(4-7-17)5-8-20(27)26-11-2-10-25(12-13-26)15-19-23-18-9-14-30-21(18)22(28)24-19/h3-4,6-7,9,14H,2,5,8,10-13,15H2,1H3,(H,23,24,28). The van der Waals surface area contributed by atoms with E-state index in [4.69, 9.17) is 4.74 Å². The van der Waals surface area contributed by atoms with E-state index in [0.717, 1.165) is 49.3 Å². The van der Waals surface area contributed by atoms with E-state index in [9.17, 15) is 9.59 Å². The maximum atomic E-state index is 12.7. The van der Waals surface area contributed by atoms with Gasteiger partial charge >= 0.3 is 0 Å². The Kier molecular flexibility index (Phi) is 6.44. The van der Waals surface area contributed by atoms with E-state index in [-0.39, 0.29) is 11.5 Å². The Hall–Kier alpha value is -2.71. The molecule has 2 aromatic heterocycles. The SMILES string of the molecule is COc1ccc(CCC(=O)N2CCCN(Cc3nc4ccsc4c(=O)[nH]3)CC2)cc1. The summed E-state index contributed by atoms with van der Waals surface area (Å²) in [5, 5.41) is 1.89. The summed E-state index contributed by atoms with van der Waals surface area (Å²) in [6.45, 7) is 3.72. The average molecular weight is 427 g/mol. The van der Waals surface area contributed by atoms with Crippen molar-refractivity contribution in [3.05, 3.63) is 57.5 Å². The van der Waals surface area contributed by atoms with Gasteiger partial charge in [0.2, 0.25) is 5.91 Å². The zero-order valence-corrected chi connectivity index (χ0v) is 17.9. The molecule has 1 aromatic carbocycles. The van der Waals surface area contributed by atoms with Gasteiger partial charge in [-0.25, -0.2) is 4.98 Å². The fourth-order valence-electron chi connectivity index (χ4n) is 3.79. The van der Waals surface area contributed by atoms with Crippen LogP contribution in [0, 0.1) is 0 Å². The number of H-pyrrole nitrogens is 1. The monoisotopic (exact) mass is 426 g/mol. The Balaban J connectivity index is 1.30. The van der Waals surface area contributed by atoms with Gasteiger partial charge in [0.05, 0.1) is 19.2 Å². The molecule has 0 atom stereocenters. The fraction of sp³-hybridized carbons (Fsp3) is 0.409. The first-order valence-corrected chi connectivity index (χ1v) is 11.1. The summed E-state index contributed by atoms with van der Waals surface area (Å²) in [5.74, 6) is 1.70. The highest BCUT2D eigenvalue weighted by atomic mass is 32.1. The van der Waals surface area contributed by atoms with E-state index in [1.165, 1.54) is 11.3 Å². The van der Waals surface area contributed by atoms with Gasteiger partial charge in [-0.2, -0.15) is 0 Å². The number of ether oxygens (including phenoxy) is 1. The number of rotatable bonds is 6. The predicted molar refractivity (Wildman–Crippen MR) is 118 cm³/mol. The molecule has 0 bridgehead atoms. The number of nitrogens with one attached hydrogen (secondary N) is 1. The third-order valence-electron chi connectivity index (χ3n) is 5.47. The Morgan fingerprint density at radius 1 is 1.17 bits per heavy atom. The number of amides is 1. The molecule has 158 valence electrons. The van der Waals surface area contributed by atoms with Crippen molar-refractivity contribution in [3.8, 4) is 5.75 Å². The normalized spacial score (nSPS) is 15.3. The second kappa shape index (κ2) is 9.40. The van der Waals surface area contributed by atoms with Crippen LogP contribution in [-0.4, -0.2) is 59.0 Å². The van der Waals surface area contributed by atoms with Gasteiger partial charge in [-0.05, 0) is 42.0 Å². The summed E-state index contributed by atoms with van der Waals surface area (Å²) >= 11 is 1.41. The highest BCUT2D eigenvalue weighted by Gasteiger charge is 2.20. The van der Waals surface area contributed by atoms with E-state index < -0.39 is 0 Å². The van der Waals surface area contributed by atoms with Crippen LogP contribution in [0.2, 0.25) is 0 Å². The average Bonchev–Trinajstić information content (AvgIpc) is 3.11. The maximum absolute atomic E-state index is 12.7. The van der Waals surface area contributed by atoms with E-state index in [1.807, 2.05) is 40.6 Å². The third-order valence-corrected chi connectivity index (χ3v) is 6.37. The number of carbonyl (C=O) groups excluding carboxylic acids is 1. The van der Waals surface area contributed by atoms with Crippen molar-refractivity contribution in [2.45, 2.75) is 25.8 Å². The molecule has 0 aliphatic carbocycles. The van der Waals surface area contributed by atoms with E-state index in [0.29, 0.717) is 30.0 Å². The summed E-state index contributed by atoms with van der Waals surface area (Å²) < 4.78 is 5.85. The Bertz CT molecular complexity index is 1060. The van der Waals surface area contributed by atoms with Gasteiger partial charge in [-0.3, -0.25) is 14.5 Å². The van der Waals surface area contributed by atoms with Crippen LogP contribution in [0.5, 0.6) is 5.75 Å². The van der Waals surface area contributed by atoms with Crippen LogP contribution in [0.1, 0.15) is 24.2 Å². The van der Waals surface area contributed by atoms with Gasteiger partial charge in [0.15, 0.2) is 0 Å². The number of aromatic amines is 1. The summed E-state index contributed by atoms with van der Waals surface area (Å²) in [4.78, 5) is 36.6. The first kappa shape index (κ1) is 20.6. The van der Waals surface area contributed by atoms with Gasteiger partial charge in [-0.1, -0.05) is 12.1 Å². The summed E-state index contributed by atoms with van der Waals surface area (Å²) in [5.41, 5.74) is 1.82. The van der Waals surface area contributed by atoms with Crippen molar-refractivity contribution in [3.63, 3.8) is 0 Å². The van der Waals surface area contributed by atoms with E-state index in [1.54, 1.807) is 7.11 Å². The number of fused-ring (bicyclic) bond motifs is 1. The molecule has 0 spiro atoms. The molecule has 30 heavy (non-hydrogen) atoms. The smallest absolute Gasteiger partial charge is 0.268 e. The van der Waals surface area contributed by atoms with Gasteiger partial charge in [0.1, 0.15) is 16.3 Å². The van der Waals surface area contributed by atoms with E-state index in [2.05, 4.69) is 14.9 Å². The molecule has 8 heteroatoms. The molecular formula is C22H26N4O3S. The number of hydrogen-bond donors (Lipinski definition) is 1. The number of aryl methyl sites for hydroxylation is 1. The molecular weight excluding hydrogens is 400 g/mol. The van der Waals surface area contributed by atoms with Gasteiger partial charge < -0.3 is 14.6 Å². The summed E-state index contributed by atoms with van der Waals surface area (Å²) in [6.07, 6.45) is 2.16. The molecule has 0 radical (unpaired) electrons. The molecule has 1 aliphatic heterocycles. The minimum absolute atomic E-state index is 0.0739. The van der Waals surface area contributed by atoms with Crippen LogP contribution in [0.25, 0.3) is 10.2 Å². The number of hydrogen-bond acceptors (Lipinski definition) is 6. The Labute approximate surface area is 179 Å². The molecule has 3 heterocycles. The van der Waals surface area contributed by atoms with Crippen molar-refractivity contribution in [2.75, 3.05) is 33.3 Å². The minimum Gasteiger partial charge on any atom is -0.497 e. The molecule has 0 unspecified atom stereocenters. The zero-order valence-electron chi connectivity index (χ0n) is 17.1. The van der Waals surface area contributed by atoms with Crippen LogP contribution in [0.3, 0.4) is 0 Å². The first-order valence-electron chi connectivity index (χ1n) is 10.2. The molecule has 1 saturated heterocycles. The molecule has 3 aromatic rings. The van der Waals surface area contributed by atoms with Crippen molar-refractivity contribution in [1.29, 1.82) is 0 Å². The lowest BCUT2D eigenvalue weighted by atomic mass is 10.1. The van der Waals surface area contributed by atoms with Gasteiger partial charge in [0.25, 0.3) is 5.56 Å². The van der Waals surface area contributed by atoms with Crippen molar-refractivity contribution in [1.82, 2.24) is 19.8 Å². The maximum Gasteiger partial charge on any atom is 0.268 e. The fourth-order valence-corrected chi connectivity index (χ4v) is 4.51. The molecule has 1 N–H and O–H groups in total. The number of benzene rings is 1. The summed E-state index contributed by atoms with van der Waals surface area (Å²) in [7, 11) is 1.65. The van der Waals surface area contributed by atoms with Crippen LogP contribution in [0.4, 0.5) is 0 Å². The van der Waals surface area contributed by atoms with Crippen LogP contribution in [-0.2, 0) is 17.8 Å². The van der Waals surface area contributed by atoms with Crippen LogP contribution in [0.15, 0.2) is 40.5 Å². The Morgan fingerprint density at radius 3 is 2.80 bits per heavy atom. The molecule has 1 amide bonds. The lowest BCUT2D eigenvalue weighted by molar-refractivity contribution is -0.131. The van der Waals surface area contributed by atoms with Gasteiger partial charge in [-0.15, -0.1) is 11.3 Å². The molecule has 7 nitrogen and oxygen atoms in total. The van der Waals surface area contributed by atoms with Gasteiger partial charge in [0, 0.05) is 32.6 Å². The lowest BCUT2D eigenvalue weighted by Gasteiger charge is -2.22. The van der Waals surface area contributed by atoms with Crippen molar-refractivity contribution < 1.29 is 9.53 Å². The second-order valence-electron chi connectivity index (χ2n) is 7.51. The molecule has 0 saturated carbocycles. The minimum atomic E-state index is -0.0739. The number of carbonyl (C=O) groups is 1. The quantitative estimate of drug-likeness (QED) is 0.656. The lowest BCUT2D eigenvalue weighted by Crippen LogP contribution is -2.35. The second-order valence-corrected chi connectivity index (χ2v) is 8.42. The first-order chi connectivity index (χ1) is 14.6. The number of thiophene rings is 1. The molecule has 1 aliphatic rings. The van der Waals surface area contributed by atoms with E-state index >= 15 is 0 Å². The summed E-state index contributed by atoms with van der Waals surface area (Å²) in [6, 6.07) is 9.75. The topological polar surface area (TPSA) is 78.5 Å². The number of nitrogens with zero attached hydrogens (tertiary/aromatic N) is 3. The predicted octanol–water partition coefficient (Wildman–Crippen LogP) is 2.66.